The van der Waals surface area contributed by atoms with Crippen molar-refractivity contribution in [2.45, 2.75) is 25.3 Å². The summed E-state index contributed by atoms with van der Waals surface area (Å²) < 4.78 is 0. The van der Waals surface area contributed by atoms with Crippen LogP contribution in [-0.4, -0.2) is 5.91 Å². The maximum absolute atomic E-state index is 12.0. The van der Waals surface area contributed by atoms with Gasteiger partial charge in [-0.2, -0.15) is 0 Å². The van der Waals surface area contributed by atoms with Gasteiger partial charge in [0.1, 0.15) is 0 Å². The summed E-state index contributed by atoms with van der Waals surface area (Å²) in [6.07, 6.45) is 0. The van der Waals surface area contributed by atoms with Crippen molar-refractivity contribution >= 4 is 23.2 Å². The van der Waals surface area contributed by atoms with Crippen LogP contribution >= 0.6 is 11.6 Å². The molecule has 3 nitrogen and oxygen atoms in total. The lowest BCUT2D eigenvalue weighted by molar-refractivity contribution is -0.119. The Morgan fingerprint density at radius 2 is 1.86 bits per heavy atom. The van der Waals surface area contributed by atoms with Crippen LogP contribution in [0.4, 0.5) is 5.69 Å². The molecule has 0 radical (unpaired) electrons. The van der Waals surface area contributed by atoms with E-state index in [9.17, 15) is 4.79 Å². The number of anilines is 1. The lowest BCUT2D eigenvalue weighted by Gasteiger charge is -2.18. The van der Waals surface area contributed by atoms with Gasteiger partial charge in [-0.1, -0.05) is 35.9 Å². The minimum atomic E-state index is -0.528. The summed E-state index contributed by atoms with van der Waals surface area (Å²) in [5.41, 5.74) is 9.60. The molecule has 0 aromatic heterocycles. The van der Waals surface area contributed by atoms with E-state index in [1.165, 1.54) is 0 Å². The molecular formula is C17H17ClN2O. The van der Waals surface area contributed by atoms with Gasteiger partial charge in [0.2, 0.25) is 5.91 Å². The van der Waals surface area contributed by atoms with Crippen molar-refractivity contribution in [3.05, 3.63) is 64.2 Å². The van der Waals surface area contributed by atoms with Crippen molar-refractivity contribution in [1.29, 1.82) is 0 Å². The van der Waals surface area contributed by atoms with E-state index in [4.69, 9.17) is 17.3 Å². The van der Waals surface area contributed by atoms with E-state index in [1.807, 2.05) is 56.3 Å². The first kappa shape index (κ1) is 14.1. The number of hydrogen-bond acceptors (Lipinski definition) is 2. The number of halogens is 1. The number of benzene rings is 2. The topological polar surface area (TPSA) is 55.1 Å². The molecule has 1 aliphatic heterocycles. The Morgan fingerprint density at radius 1 is 1.14 bits per heavy atom. The molecule has 1 aliphatic rings. The summed E-state index contributed by atoms with van der Waals surface area (Å²) in [6, 6.07) is 13.2. The second-order valence-electron chi connectivity index (χ2n) is 5.92. The number of fused-ring (bicyclic) bond motifs is 1. The average molecular weight is 301 g/mol. The van der Waals surface area contributed by atoms with Crippen molar-refractivity contribution < 1.29 is 4.79 Å². The van der Waals surface area contributed by atoms with E-state index in [0.717, 1.165) is 22.4 Å². The molecule has 0 spiro atoms. The highest BCUT2D eigenvalue weighted by molar-refractivity contribution is 6.30. The third-order valence-corrected chi connectivity index (χ3v) is 4.33. The molecule has 0 saturated carbocycles. The largest absolute Gasteiger partial charge is 0.325 e. The van der Waals surface area contributed by atoms with Gasteiger partial charge in [-0.05, 0) is 48.7 Å². The molecule has 1 atom stereocenters. The molecule has 3 rings (SSSR count). The van der Waals surface area contributed by atoms with Crippen LogP contribution in [0, 0.1) is 0 Å². The highest BCUT2D eigenvalue weighted by Crippen LogP contribution is 2.39. The summed E-state index contributed by atoms with van der Waals surface area (Å²) in [5, 5.41) is 3.57. The zero-order valence-corrected chi connectivity index (χ0v) is 12.7. The third kappa shape index (κ3) is 2.33. The smallest absolute Gasteiger partial charge is 0.234 e. The van der Waals surface area contributed by atoms with Crippen LogP contribution < -0.4 is 11.1 Å². The van der Waals surface area contributed by atoms with Gasteiger partial charge in [0.05, 0.1) is 11.5 Å². The summed E-state index contributed by atoms with van der Waals surface area (Å²) >= 11 is 6.02. The molecule has 108 valence electrons. The Kier molecular flexibility index (Phi) is 3.27. The van der Waals surface area contributed by atoms with E-state index >= 15 is 0 Å². The van der Waals surface area contributed by atoms with E-state index < -0.39 is 5.41 Å². The molecule has 0 saturated heterocycles. The second-order valence-corrected chi connectivity index (χ2v) is 6.35. The van der Waals surface area contributed by atoms with Crippen molar-refractivity contribution in [2.24, 2.45) is 5.73 Å². The molecule has 21 heavy (non-hydrogen) atoms. The predicted octanol–water partition coefficient (Wildman–Crippen LogP) is 3.62. The van der Waals surface area contributed by atoms with E-state index in [1.54, 1.807) is 0 Å². The molecule has 4 heteroatoms. The maximum Gasteiger partial charge on any atom is 0.234 e. The minimum absolute atomic E-state index is 0.0194. The number of hydrogen-bond donors (Lipinski definition) is 2. The number of carbonyl (C=O) groups excluding carboxylic acids is 1. The molecule has 2 aromatic carbocycles. The van der Waals surface area contributed by atoms with E-state index in [0.29, 0.717) is 5.02 Å². The molecular weight excluding hydrogens is 284 g/mol. The average Bonchev–Trinajstić information content (AvgIpc) is 2.68. The fraction of sp³-hybridized carbons (Fsp3) is 0.235. The Bertz CT molecular complexity index is 724. The summed E-state index contributed by atoms with van der Waals surface area (Å²) in [5.74, 6) is 0.0194. The van der Waals surface area contributed by atoms with Crippen molar-refractivity contribution in [1.82, 2.24) is 0 Å². The summed E-state index contributed by atoms with van der Waals surface area (Å²) in [4.78, 5) is 12.0. The van der Waals surface area contributed by atoms with Crippen molar-refractivity contribution in [2.75, 3.05) is 5.32 Å². The number of amides is 1. The Morgan fingerprint density at radius 3 is 2.57 bits per heavy atom. The zero-order chi connectivity index (χ0) is 15.2. The second kappa shape index (κ2) is 4.86. The molecule has 0 bridgehead atoms. The first-order valence-electron chi connectivity index (χ1n) is 6.86. The Hall–Kier alpha value is -1.84. The lowest BCUT2D eigenvalue weighted by Crippen LogP contribution is -2.27. The maximum atomic E-state index is 12.0. The van der Waals surface area contributed by atoms with Crippen LogP contribution in [0.5, 0.6) is 0 Å². The summed E-state index contributed by atoms with van der Waals surface area (Å²) in [6.45, 7) is 3.84. The Balaban J connectivity index is 2.02. The number of rotatable bonds is 2. The molecule has 1 unspecified atom stereocenters. The third-order valence-electron chi connectivity index (χ3n) is 4.10. The van der Waals surface area contributed by atoms with Crippen LogP contribution in [0.15, 0.2) is 42.5 Å². The quantitative estimate of drug-likeness (QED) is 0.890. The molecule has 2 aromatic rings. The molecule has 1 amide bonds. The normalized spacial score (nSPS) is 17.2. The molecule has 0 aliphatic carbocycles. The standard InChI is InChI=1S/C17H17ClN2O/c1-17(2)13-9-11(6-7-14(13)20-16(17)21)15(19)10-4-3-5-12(18)8-10/h3-9,15H,19H2,1-2H3,(H,20,21). The number of nitrogens with one attached hydrogen (secondary N) is 1. The predicted molar refractivity (Wildman–Crippen MR) is 85.6 cm³/mol. The van der Waals surface area contributed by atoms with Crippen LogP contribution in [0.2, 0.25) is 5.02 Å². The van der Waals surface area contributed by atoms with Crippen molar-refractivity contribution in [3.8, 4) is 0 Å². The van der Waals surface area contributed by atoms with Crippen LogP contribution in [0.1, 0.15) is 36.6 Å². The first-order chi connectivity index (χ1) is 9.89. The molecule has 3 N–H and O–H groups in total. The van der Waals surface area contributed by atoms with E-state index in [2.05, 4.69) is 5.32 Å². The SMILES string of the molecule is CC1(C)C(=O)Nc2ccc(C(N)c3cccc(Cl)c3)cc21. The van der Waals surface area contributed by atoms with Crippen LogP contribution in [0.3, 0.4) is 0 Å². The lowest BCUT2D eigenvalue weighted by atomic mass is 9.84. The van der Waals surface area contributed by atoms with Crippen LogP contribution in [0.25, 0.3) is 0 Å². The Labute approximate surface area is 129 Å². The fourth-order valence-electron chi connectivity index (χ4n) is 2.67. The first-order valence-corrected chi connectivity index (χ1v) is 7.24. The number of nitrogens with two attached hydrogens (primary N) is 1. The number of carbonyl (C=O) groups is 1. The van der Waals surface area contributed by atoms with Gasteiger partial charge in [-0.15, -0.1) is 0 Å². The highest BCUT2D eigenvalue weighted by Gasteiger charge is 2.38. The van der Waals surface area contributed by atoms with Gasteiger partial charge >= 0.3 is 0 Å². The van der Waals surface area contributed by atoms with Gasteiger partial charge in [-0.25, -0.2) is 0 Å². The van der Waals surface area contributed by atoms with Gasteiger partial charge in [0.25, 0.3) is 0 Å². The van der Waals surface area contributed by atoms with Crippen molar-refractivity contribution in [3.63, 3.8) is 0 Å². The van der Waals surface area contributed by atoms with Gasteiger partial charge in [-0.3, -0.25) is 4.79 Å². The molecule has 1 heterocycles. The minimum Gasteiger partial charge on any atom is -0.325 e. The molecule has 0 fully saturated rings. The van der Waals surface area contributed by atoms with Gasteiger partial charge in [0, 0.05) is 10.7 Å². The van der Waals surface area contributed by atoms with Gasteiger partial charge < -0.3 is 11.1 Å². The fourth-order valence-corrected chi connectivity index (χ4v) is 2.87. The van der Waals surface area contributed by atoms with Gasteiger partial charge in [0.15, 0.2) is 0 Å². The van der Waals surface area contributed by atoms with Crippen LogP contribution in [-0.2, 0) is 10.2 Å². The summed E-state index contributed by atoms with van der Waals surface area (Å²) in [7, 11) is 0. The zero-order valence-electron chi connectivity index (χ0n) is 12.0. The monoisotopic (exact) mass is 300 g/mol. The highest BCUT2D eigenvalue weighted by atomic mass is 35.5. The van der Waals surface area contributed by atoms with E-state index in [-0.39, 0.29) is 11.9 Å².